The molecule has 3 N–H and O–H groups in total. The molecule has 0 aliphatic heterocycles. The van der Waals surface area contributed by atoms with Gasteiger partial charge >= 0.3 is 0 Å². The number of hydrogen-bond acceptors (Lipinski definition) is 7. The Morgan fingerprint density at radius 1 is 1.31 bits per heavy atom. The van der Waals surface area contributed by atoms with Crippen LogP contribution < -0.4 is 11.1 Å². The van der Waals surface area contributed by atoms with Crippen molar-refractivity contribution in [2.75, 3.05) is 16.8 Å². The van der Waals surface area contributed by atoms with Crippen LogP contribution in [0.25, 0.3) is 10.4 Å². The van der Waals surface area contributed by atoms with E-state index in [4.69, 9.17) is 5.73 Å². The maximum atomic E-state index is 12.4. The Morgan fingerprint density at radius 2 is 2.07 bits per heavy atom. The summed E-state index contributed by atoms with van der Waals surface area (Å²) in [6.45, 7) is 1.90. The van der Waals surface area contributed by atoms with Crippen molar-refractivity contribution >= 4 is 56.4 Å². The molecule has 2 heterocycles. The zero-order valence-corrected chi connectivity index (χ0v) is 18.4. The van der Waals surface area contributed by atoms with Gasteiger partial charge in [-0.1, -0.05) is 33.8 Å². The van der Waals surface area contributed by atoms with Crippen LogP contribution in [0.3, 0.4) is 0 Å². The summed E-state index contributed by atoms with van der Waals surface area (Å²) in [7, 11) is 0. The molecule has 0 saturated carbocycles. The van der Waals surface area contributed by atoms with Crippen molar-refractivity contribution in [3.05, 3.63) is 56.9 Å². The number of thioether (sulfide) groups is 1. The summed E-state index contributed by atoms with van der Waals surface area (Å²) >= 11 is 5.91. The Hall–Kier alpha value is -2.85. The van der Waals surface area contributed by atoms with Gasteiger partial charge in [-0.05, 0) is 42.1 Å². The Morgan fingerprint density at radius 3 is 2.69 bits per heavy atom. The van der Waals surface area contributed by atoms with Gasteiger partial charge in [-0.2, -0.15) is 10.5 Å². The molecule has 2 aromatic heterocycles. The quantitative estimate of drug-likeness (QED) is 0.496. The highest BCUT2D eigenvalue weighted by molar-refractivity contribution is 9.10. The summed E-state index contributed by atoms with van der Waals surface area (Å²) in [5.74, 6) is -0.139. The van der Waals surface area contributed by atoms with Gasteiger partial charge in [0.05, 0.1) is 11.3 Å². The molecule has 0 spiro atoms. The smallest absolute Gasteiger partial charge is 0.234 e. The Balaban J connectivity index is 1.87. The van der Waals surface area contributed by atoms with Crippen molar-refractivity contribution in [1.82, 2.24) is 4.98 Å². The average Bonchev–Trinajstić information content (AvgIpc) is 3.22. The summed E-state index contributed by atoms with van der Waals surface area (Å²) in [5, 5.41) is 24.2. The molecule has 144 valence electrons. The molecule has 0 unspecified atom stereocenters. The molecule has 0 bridgehead atoms. The SMILES string of the molecule is Cc1cc(Br)ccc1NC(=O)CSc1nc(N)c(C#N)c(-c2cccs2)c1C#N. The van der Waals surface area contributed by atoms with Crippen molar-refractivity contribution in [3.63, 3.8) is 0 Å². The third-order valence-corrected chi connectivity index (χ3v) is 6.34. The number of hydrogen-bond donors (Lipinski definition) is 2. The number of amides is 1. The van der Waals surface area contributed by atoms with E-state index in [0.717, 1.165) is 26.7 Å². The molecular weight excluding hydrogens is 470 g/mol. The van der Waals surface area contributed by atoms with Crippen LogP contribution in [0.4, 0.5) is 11.5 Å². The van der Waals surface area contributed by atoms with E-state index in [1.165, 1.54) is 11.3 Å². The minimum atomic E-state index is -0.230. The lowest BCUT2D eigenvalue weighted by atomic mass is 10.0. The molecule has 1 amide bonds. The lowest BCUT2D eigenvalue weighted by Gasteiger charge is -2.12. The monoisotopic (exact) mass is 483 g/mol. The molecule has 0 atom stereocenters. The Bertz CT molecular complexity index is 1160. The summed E-state index contributed by atoms with van der Waals surface area (Å²) in [5.41, 5.74) is 8.49. The van der Waals surface area contributed by atoms with Gasteiger partial charge in [0.15, 0.2) is 0 Å². The number of nitrogens with zero attached hydrogens (tertiary/aromatic N) is 3. The summed E-state index contributed by atoms with van der Waals surface area (Å²) < 4.78 is 0.930. The number of thiophene rings is 1. The van der Waals surface area contributed by atoms with Crippen LogP contribution in [0.2, 0.25) is 0 Å². The molecule has 0 aliphatic carbocycles. The zero-order valence-electron chi connectivity index (χ0n) is 15.2. The summed E-state index contributed by atoms with van der Waals surface area (Å²) in [6, 6.07) is 13.4. The number of nitrogen functional groups attached to an aromatic ring is 1. The Labute approximate surface area is 184 Å². The number of carbonyl (C=O) groups is 1. The van der Waals surface area contributed by atoms with Crippen LogP contribution in [0.15, 0.2) is 45.2 Å². The highest BCUT2D eigenvalue weighted by atomic mass is 79.9. The lowest BCUT2D eigenvalue weighted by Crippen LogP contribution is -2.15. The molecule has 0 fully saturated rings. The van der Waals surface area contributed by atoms with Gasteiger partial charge < -0.3 is 11.1 Å². The first-order chi connectivity index (χ1) is 13.9. The molecule has 6 nitrogen and oxygen atoms in total. The van der Waals surface area contributed by atoms with Gasteiger partial charge in [-0.3, -0.25) is 4.79 Å². The number of benzene rings is 1. The van der Waals surface area contributed by atoms with Gasteiger partial charge in [-0.25, -0.2) is 4.98 Å². The maximum Gasteiger partial charge on any atom is 0.234 e. The average molecular weight is 484 g/mol. The number of nitriles is 2. The van der Waals surface area contributed by atoms with Gasteiger partial charge in [0, 0.05) is 20.6 Å². The first kappa shape index (κ1) is 20.9. The molecule has 0 saturated heterocycles. The van der Waals surface area contributed by atoms with E-state index in [1.54, 1.807) is 0 Å². The predicted molar refractivity (Wildman–Crippen MR) is 120 cm³/mol. The van der Waals surface area contributed by atoms with E-state index in [-0.39, 0.29) is 28.6 Å². The number of anilines is 2. The fourth-order valence-electron chi connectivity index (χ4n) is 2.66. The molecular formula is C20H14BrN5OS2. The van der Waals surface area contributed by atoms with Crippen LogP contribution in [0, 0.1) is 29.6 Å². The Kier molecular flexibility index (Phi) is 6.55. The second kappa shape index (κ2) is 9.10. The minimum Gasteiger partial charge on any atom is -0.383 e. The van der Waals surface area contributed by atoms with E-state index in [9.17, 15) is 15.3 Å². The van der Waals surface area contributed by atoms with Crippen LogP contribution in [-0.2, 0) is 4.79 Å². The molecule has 3 rings (SSSR count). The van der Waals surface area contributed by atoms with Gasteiger partial charge in [0.2, 0.25) is 5.91 Å². The fourth-order valence-corrected chi connectivity index (χ4v) is 4.71. The van der Waals surface area contributed by atoms with Crippen molar-refractivity contribution in [2.45, 2.75) is 11.9 Å². The first-order valence-corrected chi connectivity index (χ1v) is 11.0. The van der Waals surface area contributed by atoms with Crippen LogP contribution >= 0.6 is 39.0 Å². The maximum absolute atomic E-state index is 12.4. The summed E-state index contributed by atoms with van der Waals surface area (Å²) in [4.78, 5) is 17.4. The fraction of sp³-hybridized carbons (Fsp3) is 0.100. The minimum absolute atomic E-state index is 0.0431. The van der Waals surface area contributed by atoms with Crippen molar-refractivity contribution in [3.8, 4) is 22.6 Å². The number of carbonyl (C=O) groups excluding carboxylic acids is 1. The van der Waals surface area contributed by atoms with Gasteiger partial charge in [0.25, 0.3) is 0 Å². The second-order valence-electron chi connectivity index (χ2n) is 5.92. The lowest BCUT2D eigenvalue weighted by molar-refractivity contribution is -0.113. The molecule has 29 heavy (non-hydrogen) atoms. The second-order valence-corrected chi connectivity index (χ2v) is 8.75. The van der Waals surface area contributed by atoms with E-state index < -0.39 is 0 Å². The van der Waals surface area contributed by atoms with Crippen LogP contribution in [0.5, 0.6) is 0 Å². The van der Waals surface area contributed by atoms with Crippen LogP contribution in [0.1, 0.15) is 16.7 Å². The van der Waals surface area contributed by atoms with E-state index in [1.807, 2.05) is 48.7 Å². The van der Waals surface area contributed by atoms with Gasteiger partial charge in [-0.15, -0.1) is 11.3 Å². The normalized spacial score (nSPS) is 10.2. The predicted octanol–water partition coefficient (Wildman–Crippen LogP) is 4.94. The molecule has 3 aromatic rings. The first-order valence-electron chi connectivity index (χ1n) is 8.31. The van der Waals surface area contributed by atoms with E-state index in [2.05, 4.69) is 32.3 Å². The number of aryl methyl sites for hydroxylation is 1. The third kappa shape index (κ3) is 4.60. The molecule has 0 aliphatic rings. The molecule has 1 aromatic carbocycles. The van der Waals surface area contributed by atoms with Crippen molar-refractivity contribution in [1.29, 1.82) is 10.5 Å². The zero-order chi connectivity index (χ0) is 21.0. The molecule has 9 heteroatoms. The van der Waals surface area contributed by atoms with Crippen molar-refractivity contribution < 1.29 is 4.79 Å². The van der Waals surface area contributed by atoms with E-state index >= 15 is 0 Å². The number of aromatic nitrogens is 1. The van der Waals surface area contributed by atoms with Crippen LogP contribution in [-0.4, -0.2) is 16.6 Å². The number of nitrogens with one attached hydrogen (secondary N) is 1. The largest absolute Gasteiger partial charge is 0.383 e. The highest BCUT2D eigenvalue weighted by Crippen LogP contribution is 2.37. The highest BCUT2D eigenvalue weighted by Gasteiger charge is 2.21. The van der Waals surface area contributed by atoms with Crippen molar-refractivity contribution in [2.24, 2.45) is 0 Å². The summed E-state index contributed by atoms with van der Waals surface area (Å²) in [6.07, 6.45) is 0. The topological polar surface area (TPSA) is 116 Å². The number of nitrogens with two attached hydrogens (primary N) is 1. The number of halogens is 1. The number of pyridine rings is 1. The van der Waals surface area contributed by atoms with E-state index in [0.29, 0.717) is 16.3 Å². The molecule has 0 radical (unpaired) electrons. The third-order valence-electron chi connectivity index (χ3n) is 3.99. The van der Waals surface area contributed by atoms with Gasteiger partial charge in [0.1, 0.15) is 28.5 Å². The standard InChI is InChI=1S/C20H14BrN5OS2/c1-11-7-12(21)4-5-15(11)25-17(27)10-29-20-14(9-23)18(16-3-2-6-28-16)13(8-22)19(24)26-20/h2-7H,10H2,1H3,(H2,24,26)(H,25,27). The number of rotatable bonds is 5.